The van der Waals surface area contributed by atoms with Gasteiger partial charge in [0.15, 0.2) is 0 Å². The number of aliphatic carboxylic acids is 1. The zero-order valence-electron chi connectivity index (χ0n) is 11.4. The fourth-order valence-corrected chi connectivity index (χ4v) is 4.87. The third-order valence-corrected chi connectivity index (χ3v) is 6.25. The van der Waals surface area contributed by atoms with Crippen molar-refractivity contribution in [2.75, 3.05) is 0 Å². The standard InChI is InChI=1S/C15H22O2Si/c1-4-5-11-14(15(16)17)18(2,3)12-13-9-7-6-8-10-13/h6-11H,4-5,12H2,1-3H3,(H,16,17)/b14-11+. The van der Waals surface area contributed by atoms with Crippen molar-refractivity contribution in [3.05, 3.63) is 47.2 Å². The Balaban J connectivity index is 2.92. The summed E-state index contributed by atoms with van der Waals surface area (Å²) in [4.78, 5) is 11.4. The summed E-state index contributed by atoms with van der Waals surface area (Å²) in [5.74, 6) is -0.740. The van der Waals surface area contributed by atoms with Gasteiger partial charge in [0.05, 0.1) is 8.07 Å². The van der Waals surface area contributed by atoms with E-state index in [2.05, 4.69) is 32.2 Å². The zero-order valence-corrected chi connectivity index (χ0v) is 12.4. The Morgan fingerprint density at radius 2 is 1.89 bits per heavy atom. The molecule has 18 heavy (non-hydrogen) atoms. The highest BCUT2D eigenvalue weighted by Crippen LogP contribution is 2.21. The van der Waals surface area contributed by atoms with Crippen molar-refractivity contribution in [2.24, 2.45) is 0 Å². The van der Waals surface area contributed by atoms with E-state index in [1.54, 1.807) is 0 Å². The SMILES string of the molecule is CCC/C=C(\C(=O)O)[Si](C)(C)Cc1ccccc1. The molecule has 0 aromatic heterocycles. The highest BCUT2D eigenvalue weighted by atomic mass is 28.3. The highest BCUT2D eigenvalue weighted by molar-refractivity contribution is 6.87. The van der Waals surface area contributed by atoms with Crippen LogP contribution in [0.2, 0.25) is 13.1 Å². The smallest absolute Gasteiger partial charge is 0.327 e. The van der Waals surface area contributed by atoms with E-state index in [-0.39, 0.29) is 0 Å². The van der Waals surface area contributed by atoms with E-state index in [4.69, 9.17) is 0 Å². The van der Waals surface area contributed by atoms with Crippen LogP contribution < -0.4 is 0 Å². The Labute approximate surface area is 110 Å². The zero-order chi connectivity index (χ0) is 13.6. The molecule has 1 aromatic rings. The normalized spacial score (nSPS) is 12.5. The summed E-state index contributed by atoms with van der Waals surface area (Å²) in [5.41, 5.74) is 1.23. The van der Waals surface area contributed by atoms with Crippen molar-refractivity contribution < 1.29 is 9.90 Å². The Morgan fingerprint density at radius 3 is 2.39 bits per heavy atom. The summed E-state index contributed by atoms with van der Waals surface area (Å²) in [6.45, 7) is 6.34. The second-order valence-corrected chi connectivity index (χ2v) is 9.92. The number of hydrogen-bond acceptors (Lipinski definition) is 1. The maximum absolute atomic E-state index is 11.4. The molecule has 0 heterocycles. The van der Waals surface area contributed by atoms with Gasteiger partial charge in [-0.3, -0.25) is 0 Å². The number of rotatable bonds is 6. The molecule has 0 spiro atoms. The van der Waals surface area contributed by atoms with Crippen molar-refractivity contribution in [2.45, 2.75) is 38.9 Å². The quantitative estimate of drug-likeness (QED) is 0.625. The molecule has 0 radical (unpaired) electrons. The van der Waals surface area contributed by atoms with E-state index < -0.39 is 14.0 Å². The third kappa shape index (κ3) is 4.15. The molecule has 0 amide bonds. The molecule has 0 saturated carbocycles. The molecular weight excluding hydrogens is 240 g/mol. The number of carboxylic acid groups (broad SMARTS) is 1. The van der Waals surface area contributed by atoms with E-state index in [1.807, 2.05) is 24.3 Å². The van der Waals surface area contributed by atoms with E-state index in [1.165, 1.54) is 5.56 Å². The molecule has 1 aromatic carbocycles. The lowest BCUT2D eigenvalue weighted by Gasteiger charge is -2.23. The minimum atomic E-state index is -1.91. The molecule has 0 atom stereocenters. The number of benzene rings is 1. The summed E-state index contributed by atoms with van der Waals surface area (Å²) in [7, 11) is -1.91. The predicted molar refractivity (Wildman–Crippen MR) is 78.3 cm³/mol. The molecule has 3 heteroatoms. The van der Waals surface area contributed by atoms with Gasteiger partial charge >= 0.3 is 5.97 Å². The number of carbonyl (C=O) groups is 1. The van der Waals surface area contributed by atoms with Crippen LogP contribution in [0.4, 0.5) is 0 Å². The van der Waals surface area contributed by atoms with Crippen molar-refractivity contribution in [3.63, 3.8) is 0 Å². The molecule has 2 nitrogen and oxygen atoms in total. The Bertz CT molecular complexity index is 421. The molecule has 98 valence electrons. The summed E-state index contributed by atoms with van der Waals surface area (Å²) in [5, 5.41) is 10.0. The van der Waals surface area contributed by atoms with E-state index >= 15 is 0 Å². The summed E-state index contributed by atoms with van der Waals surface area (Å²) >= 11 is 0. The maximum atomic E-state index is 11.4. The van der Waals surface area contributed by atoms with Gasteiger partial charge in [-0.05, 0) is 12.5 Å². The van der Waals surface area contributed by atoms with Crippen LogP contribution in [0.1, 0.15) is 25.3 Å². The fourth-order valence-electron chi connectivity index (χ4n) is 2.14. The van der Waals surface area contributed by atoms with Gasteiger partial charge in [0, 0.05) is 5.20 Å². The molecule has 0 unspecified atom stereocenters. The van der Waals surface area contributed by atoms with E-state index in [0.29, 0.717) is 5.20 Å². The third-order valence-electron chi connectivity index (χ3n) is 3.09. The first-order chi connectivity index (χ1) is 8.47. The van der Waals surface area contributed by atoms with Crippen LogP contribution in [0.3, 0.4) is 0 Å². The Hall–Kier alpha value is -1.35. The van der Waals surface area contributed by atoms with E-state index in [9.17, 15) is 9.90 Å². The average Bonchev–Trinajstić information content (AvgIpc) is 2.29. The first kappa shape index (κ1) is 14.7. The lowest BCUT2D eigenvalue weighted by molar-refractivity contribution is -0.132. The Morgan fingerprint density at radius 1 is 1.28 bits per heavy atom. The topological polar surface area (TPSA) is 37.3 Å². The molecule has 0 fully saturated rings. The number of carboxylic acids is 1. The van der Waals surface area contributed by atoms with Gasteiger partial charge < -0.3 is 5.11 Å². The minimum absolute atomic E-state index is 0.660. The average molecular weight is 262 g/mol. The fraction of sp³-hybridized carbons (Fsp3) is 0.400. The van der Waals surface area contributed by atoms with Gasteiger partial charge in [-0.15, -0.1) is 0 Å². The predicted octanol–water partition coefficient (Wildman–Crippen LogP) is 3.83. The van der Waals surface area contributed by atoms with Crippen LogP contribution in [-0.2, 0) is 10.8 Å². The van der Waals surface area contributed by atoms with Crippen LogP contribution in [0.25, 0.3) is 0 Å². The van der Waals surface area contributed by atoms with Crippen molar-refractivity contribution in [1.29, 1.82) is 0 Å². The summed E-state index contributed by atoms with van der Waals surface area (Å²) < 4.78 is 0. The minimum Gasteiger partial charge on any atom is -0.478 e. The van der Waals surface area contributed by atoms with E-state index in [0.717, 1.165) is 18.9 Å². The van der Waals surface area contributed by atoms with Gasteiger partial charge in [-0.25, -0.2) is 4.79 Å². The molecular formula is C15H22O2Si. The molecule has 0 aliphatic rings. The second-order valence-electron chi connectivity index (χ2n) is 5.26. The number of hydrogen-bond donors (Lipinski definition) is 1. The van der Waals surface area contributed by atoms with Gasteiger partial charge in [0.1, 0.15) is 0 Å². The van der Waals surface area contributed by atoms with Crippen molar-refractivity contribution in [1.82, 2.24) is 0 Å². The number of allylic oxidation sites excluding steroid dienone is 1. The molecule has 1 N–H and O–H groups in total. The van der Waals surface area contributed by atoms with Gasteiger partial charge in [-0.1, -0.05) is 68.4 Å². The highest BCUT2D eigenvalue weighted by Gasteiger charge is 2.30. The molecule has 1 rings (SSSR count). The largest absolute Gasteiger partial charge is 0.478 e. The van der Waals surface area contributed by atoms with Crippen LogP contribution in [0, 0.1) is 0 Å². The van der Waals surface area contributed by atoms with Crippen LogP contribution in [-0.4, -0.2) is 19.1 Å². The lowest BCUT2D eigenvalue weighted by Crippen LogP contribution is -2.36. The maximum Gasteiger partial charge on any atom is 0.327 e. The van der Waals surface area contributed by atoms with Crippen LogP contribution >= 0.6 is 0 Å². The van der Waals surface area contributed by atoms with Gasteiger partial charge in [-0.2, -0.15) is 0 Å². The first-order valence-corrected chi connectivity index (χ1v) is 9.66. The van der Waals surface area contributed by atoms with Crippen molar-refractivity contribution in [3.8, 4) is 0 Å². The molecule has 0 saturated heterocycles. The summed E-state index contributed by atoms with van der Waals surface area (Å²) in [6.07, 6.45) is 3.77. The second kappa shape index (κ2) is 6.54. The molecule has 0 bridgehead atoms. The summed E-state index contributed by atoms with van der Waals surface area (Å²) in [6, 6.07) is 11.0. The van der Waals surface area contributed by atoms with Gasteiger partial charge in [0.2, 0.25) is 0 Å². The van der Waals surface area contributed by atoms with Crippen LogP contribution in [0.15, 0.2) is 41.6 Å². The molecule has 0 aliphatic heterocycles. The Kier molecular flexibility index (Phi) is 5.35. The first-order valence-electron chi connectivity index (χ1n) is 6.45. The van der Waals surface area contributed by atoms with Crippen molar-refractivity contribution >= 4 is 14.0 Å². The monoisotopic (exact) mass is 262 g/mol. The lowest BCUT2D eigenvalue weighted by atomic mass is 10.2. The number of unbranched alkanes of at least 4 members (excludes halogenated alkanes) is 1. The van der Waals surface area contributed by atoms with Crippen LogP contribution in [0.5, 0.6) is 0 Å². The van der Waals surface area contributed by atoms with Gasteiger partial charge in [0.25, 0.3) is 0 Å². The molecule has 0 aliphatic carbocycles.